The van der Waals surface area contributed by atoms with E-state index in [0.717, 1.165) is 7.05 Å². The van der Waals surface area contributed by atoms with Crippen molar-refractivity contribution >= 4 is 10.0 Å². The lowest BCUT2D eigenvalue weighted by molar-refractivity contribution is 0.221. The molecule has 1 aromatic rings. The Hall–Kier alpha value is -1.02. The van der Waals surface area contributed by atoms with Crippen molar-refractivity contribution < 1.29 is 17.2 Å². The van der Waals surface area contributed by atoms with Crippen molar-refractivity contribution in [3.8, 4) is 0 Å². The summed E-state index contributed by atoms with van der Waals surface area (Å²) >= 11 is 0. The number of hydrogen-bond acceptors (Lipinski definition) is 3. The number of alkyl halides is 2. The summed E-state index contributed by atoms with van der Waals surface area (Å²) in [6.45, 7) is -0.195. The van der Waals surface area contributed by atoms with Gasteiger partial charge in [0.2, 0.25) is 0 Å². The number of rotatable bonds is 4. The van der Waals surface area contributed by atoms with Gasteiger partial charge >= 0.3 is 5.76 Å². The Kier molecular flexibility index (Phi) is 3.17. The van der Waals surface area contributed by atoms with Gasteiger partial charge in [-0.2, -0.15) is 13.1 Å². The maximum absolute atomic E-state index is 12.0. The van der Waals surface area contributed by atoms with Crippen molar-refractivity contribution in [2.24, 2.45) is 0 Å². The quantitative estimate of drug-likeness (QED) is 0.806. The molecule has 0 radical (unpaired) electrons. The Morgan fingerprint density at radius 1 is 1.64 bits per heavy atom. The first kappa shape index (κ1) is 11.1. The van der Waals surface area contributed by atoms with Crippen LogP contribution in [0.5, 0.6) is 0 Å². The lowest BCUT2D eigenvalue weighted by Gasteiger charge is -2.14. The van der Waals surface area contributed by atoms with Gasteiger partial charge in [0.25, 0.3) is 10.0 Å². The molecule has 0 amide bonds. The van der Waals surface area contributed by atoms with Gasteiger partial charge in [-0.3, -0.25) is 0 Å². The van der Waals surface area contributed by atoms with E-state index in [4.69, 9.17) is 0 Å². The molecule has 0 unspecified atom stereocenters. The second-order valence-electron chi connectivity index (χ2n) is 2.60. The summed E-state index contributed by atoms with van der Waals surface area (Å²) in [6.07, 6.45) is 2.90. The van der Waals surface area contributed by atoms with Crippen LogP contribution in [0.4, 0.5) is 8.78 Å². The number of halogens is 2. The van der Waals surface area contributed by atoms with E-state index in [2.05, 4.69) is 9.97 Å². The molecule has 14 heavy (non-hydrogen) atoms. The van der Waals surface area contributed by atoms with Crippen molar-refractivity contribution in [3.63, 3.8) is 0 Å². The zero-order valence-corrected chi connectivity index (χ0v) is 8.13. The average molecular weight is 225 g/mol. The van der Waals surface area contributed by atoms with Crippen LogP contribution in [0.25, 0.3) is 0 Å². The molecule has 0 bridgehead atoms. The van der Waals surface area contributed by atoms with E-state index in [1.54, 1.807) is 0 Å². The number of imidazole rings is 1. The molecule has 0 aliphatic carbocycles. The summed E-state index contributed by atoms with van der Waals surface area (Å²) in [4.78, 5) is 6.34. The molecule has 1 heterocycles. The molecule has 0 fully saturated rings. The number of aromatic amines is 1. The Bertz CT molecular complexity index is 376. The van der Waals surface area contributed by atoms with Gasteiger partial charge in [0.1, 0.15) is 5.82 Å². The van der Waals surface area contributed by atoms with E-state index in [-0.39, 0.29) is 6.54 Å². The second kappa shape index (κ2) is 4.01. The van der Waals surface area contributed by atoms with Crippen LogP contribution in [0.1, 0.15) is 5.82 Å². The predicted molar refractivity (Wildman–Crippen MR) is 45.0 cm³/mol. The maximum atomic E-state index is 12.0. The topological polar surface area (TPSA) is 66.1 Å². The minimum Gasteiger partial charge on any atom is -0.347 e. The van der Waals surface area contributed by atoms with Crippen LogP contribution < -0.4 is 0 Å². The van der Waals surface area contributed by atoms with Crippen LogP contribution in [0.3, 0.4) is 0 Å². The molecule has 0 saturated heterocycles. The van der Waals surface area contributed by atoms with Crippen molar-refractivity contribution in [2.75, 3.05) is 7.05 Å². The standard InChI is InChI=1S/C6H9F2N3O2S/c1-11(14(12,13)6(7)8)4-5-9-2-3-10-5/h2-3,6H,4H2,1H3,(H,9,10). The van der Waals surface area contributed by atoms with Crippen molar-refractivity contribution in [1.82, 2.24) is 14.3 Å². The Balaban J connectivity index is 2.72. The van der Waals surface area contributed by atoms with Crippen molar-refractivity contribution in [1.29, 1.82) is 0 Å². The molecule has 0 aliphatic heterocycles. The summed E-state index contributed by atoms with van der Waals surface area (Å²) in [5, 5.41) is 0. The fourth-order valence-electron chi connectivity index (χ4n) is 0.821. The number of hydrogen-bond donors (Lipinski definition) is 1. The molecule has 8 heteroatoms. The molecular weight excluding hydrogens is 216 g/mol. The van der Waals surface area contributed by atoms with Crippen LogP contribution in [0, 0.1) is 0 Å². The molecule has 1 N–H and O–H groups in total. The first-order valence-electron chi connectivity index (χ1n) is 3.66. The normalized spacial score (nSPS) is 12.6. The summed E-state index contributed by atoms with van der Waals surface area (Å²) in [5.74, 6) is -3.08. The molecule has 0 aliphatic rings. The van der Waals surface area contributed by atoms with E-state index in [9.17, 15) is 17.2 Å². The van der Waals surface area contributed by atoms with Gasteiger partial charge in [-0.15, -0.1) is 0 Å². The van der Waals surface area contributed by atoms with Gasteiger partial charge in [0.15, 0.2) is 0 Å². The minimum absolute atomic E-state index is 0.195. The molecular formula is C6H9F2N3O2S. The monoisotopic (exact) mass is 225 g/mol. The molecule has 0 aromatic carbocycles. The average Bonchev–Trinajstić information content (AvgIpc) is 2.56. The van der Waals surface area contributed by atoms with E-state index >= 15 is 0 Å². The SMILES string of the molecule is CN(Cc1ncc[nH]1)S(=O)(=O)C(F)F. The first-order chi connectivity index (χ1) is 6.44. The molecule has 0 atom stereocenters. The van der Waals surface area contributed by atoms with Gasteiger partial charge < -0.3 is 4.98 Å². The highest BCUT2D eigenvalue weighted by molar-refractivity contribution is 7.89. The van der Waals surface area contributed by atoms with Crippen LogP contribution >= 0.6 is 0 Å². The third-order valence-corrected chi connectivity index (χ3v) is 3.04. The van der Waals surface area contributed by atoms with Crippen LogP contribution in [0.2, 0.25) is 0 Å². The van der Waals surface area contributed by atoms with E-state index < -0.39 is 15.8 Å². The molecule has 80 valence electrons. The number of nitrogens with zero attached hydrogens (tertiary/aromatic N) is 2. The van der Waals surface area contributed by atoms with Crippen LogP contribution in [-0.2, 0) is 16.6 Å². The van der Waals surface area contributed by atoms with E-state index in [1.807, 2.05) is 0 Å². The van der Waals surface area contributed by atoms with Crippen molar-refractivity contribution in [2.45, 2.75) is 12.3 Å². The lowest BCUT2D eigenvalue weighted by Crippen LogP contribution is -2.31. The number of aromatic nitrogens is 2. The Labute approximate surface area is 79.8 Å². The maximum Gasteiger partial charge on any atom is 0.350 e. The fourth-order valence-corrected chi connectivity index (χ4v) is 1.40. The van der Waals surface area contributed by atoms with Gasteiger partial charge in [-0.05, 0) is 0 Å². The summed E-state index contributed by atoms with van der Waals surface area (Å²) in [7, 11) is -3.44. The largest absolute Gasteiger partial charge is 0.350 e. The van der Waals surface area contributed by atoms with Crippen molar-refractivity contribution in [3.05, 3.63) is 18.2 Å². The summed E-state index contributed by atoms with van der Waals surface area (Å²) < 4.78 is 46.4. The summed E-state index contributed by atoms with van der Waals surface area (Å²) in [6, 6.07) is 0. The summed E-state index contributed by atoms with van der Waals surface area (Å²) in [5.41, 5.74) is 0. The minimum atomic E-state index is -4.51. The predicted octanol–water partition coefficient (Wildman–Crippen LogP) is 0.394. The van der Waals surface area contributed by atoms with E-state index in [0.29, 0.717) is 10.1 Å². The van der Waals surface area contributed by atoms with Gasteiger partial charge in [0, 0.05) is 19.4 Å². The van der Waals surface area contributed by atoms with Crippen LogP contribution in [0.15, 0.2) is 12.4 Å². The third kappa shape index (κ3) is 2.26. The number of H-pyrrole nitrogens is 1. The molecule has 1 rings (SSSR count). The Morgan fingerprint density at radius 2 is 2.29 bits per heavy atom. The smallest absolute Gasteiger partial charge is 0.347 e. The zero-order valence-electron chi connectivity index (χ0n) is 7.31. The van der Waals surface area contributed by atoms with Gasteiger partial charge in [0.05, 0.1) is 6.54 Å². The number of nitrogens with one attached hydrogen (secondary N) is 1. The molecule has 1 aromatic heterocycles. The van der Waals surface area contributed by atoms with Gasteiger partial charge in [-0.25, -0.2) is 13.4 Å². The first-order valence-corrected chi connectivity index (χ1v) is 5.16. The third-order valence-electron chi connectivity index (χ3n) is 1.59. The second-order valence-corrected chi connectivity index (χ2v) is 4.61. The Morgan fingerprint density at radius 3 is 2.71 bits per heavy atom. The molecule has 0 saturated carbocycles. The fraction of sp³-hybridized carbons (Fsp3) is 0.500. The highest BCUT2D eigenvalue weighted by Gasteiger charge is 2.29. The van der Waals surface area contributed by atoms with Gasteiger partial charge in [-0.1, -0.05) is 0 Å². The van der Waals surface area contributed by atoms with E-state index in [1.165, 1.54) is 12.4 Å². The zero-order chi connectivity index (χ0) is 10.8. The highest BCUT2D eigenvalue weighted by Crippen LogP contribution is 2.11. The molecule has 5 nitrogen and oxygen atoms in total. The number of sulfonamides is 1. The highest BCUT2D eigenvalue weighted by atomic mass is 32.2. The lowest BCUT2D eigenvalue weighted by atomic mass is 10.6. The molecule has 0 spiro atoms. The van der Waals surface area contributed by atoms with Crippen LogP contribution in [-0.4, -0.2) is 35.5 Å².